The van der Waals surface area contributed by atoms with Gasteiger partial charge in [-0.25, -0.2) is 0 Å². The molecule has 3 amide bonds. The van der Waals surface area contributed by atoms with Crippen LogP contribution in [0.3, 0.4) is 0 Å². The van der Waals surface area contributed by atoms with Crippen molar-refractivity contribution in [3.05, 3.63) is 59.2 Å². The van der Waals surface area contributed by atoms with Crippen molar-refractivity contribution in [3.8, 4) is 5.75 Å². The van der Waals surface area contributed by atoms with Crippen LogP contribution in [0.25, 0.3) is 0 Å². The van der Waals surface area contributed by atoms with Crippen molar-refractivity contribution in [2.75, 3.05) is 11.9 Å². The van der Waals surface area contributed by atoms with Crippen LogP contribution >= 0.6 is 0 Å². The van der Waals surface area contributed by atoms with Crippen LogP contribution in [-0.4, -0.2) is 34.3 Å². The van der Waals surface area contributed by atoms with Gasteiger partial charge in [-0.3, -0.25) is 19.3 Å². The normalized spacial score (nSPS) is 13.1. The molecule has 2 aromatic carbocycles. The molecule has 0 spiro atoms. The van der Waals surface area contributed by atoms with E-state index in [9.17, 15) is 19.5 Å². The Morgan fingerprint density at radius 1 is 1.04 bits per heavy atom. The van der Waals surface area contributed by atoms with Crippen molar-refractivity contribution in [2.45, 2.75) is 13.3 Å². The maximum Gasteiger partial charge on any atom is 0.261 e. The van der Waals surface area contributed by atoms with Crippen LogP contribution in [0.4, 0.5) is 5.69 Å². The molecular formula is C18H16N2O4. The van der Waals surface area contributed by atoms with Gasteiger partial charge < -0.3 is 10.4 Å². The van der Waals surface area contributed by atoms with Crippen molar-refractivity contribution in [1.82, 2.24) is 4.90 Å². The predicted octanol–water partition coefficient (Wildman–Crippen LogP) is 2.65. The number of anilines is 1. The van der Waals surface area contributed by atoms with E-state index in [-0.39, 0.29) is 23.1 Å². The number of phenols is 1. The molecule has 2 aromatic rings. The summed E-state index contributed by atoms with van der Waals surface area (Å²) in [6, 6.07) is 10.5. The highest BCUT2D eigenvalue weighted by Gasteiger charge is 2.35. The molecule has 1 heterocycles. The number of carbonyl (C=O) groups is 3. The Balaban J connectivity index is 1.84. The molecule has 2 N–H and O–H groups in total. The number of nitrogens with zero attached hydrogens (tertiary/aromatic N) is 1. The number of hydrogen-bond acceptors (Lipinski definition) is 4. The molecule has 0 radical (unpaired) electrons. The molecule has 24 heavy (non-hydrogen) atoms. The van der Waals surface area contributed by atoms with Gasteiger partial charge in [0.1, 0.15) is 5.75 Å². The fraction of sp³-hybridized carbons (Fsp3) is 0.167. The summed E-state index contributed by atoms with van der Waals surface area (Å²) < 4.78 is 0. The highest BCUT2D eigenvalue weighted by molar-refractivity contribution is 6.22. The van der Waals surface area contributed by atoms with Crippen molar-refractivity contribution in [2.24, 2.45) is 0 Å². The molecular weight excluding hydrogens is 308 g/mol. The quantitative estimate of drug-likeness (QED) is 0.668. The van der Waals surface area contributed by atoms with Crippen LogP contribution in [0.5, 0.6) is 5.75 Å². The Morgan fingerprint density at radius 2 is 1.71 bits per heavy atom. The fourth-order valence-corrected chi connectivity index (χ4v) is 2.61. The van der Waals surface area contributed by atoms with E-state index in [1.807, 2.05) is 6.92 Å². The summed E-state index contributed by atoms with van der Waals surface area (Å²) in [5.41, 5.74) is 1.40. The second-order valence-corrected chi connectivity index (χ2v) is 5.52. The van der Waals surface area contributed by atoms with Crippen molar-refractivity contribution in [1.29, 1.82) is 0 Å². The van der Waals surface area contributed by atoms with Crippen LogP contribution in [0.2, 0.25) is 0 Å². The molecule has 3 rings (SSSR count). The topological polar surface area (TPSA) is 86.7 Å². The third kappa shape index (κ3) is 2.74. The van der Waals surface area contributed by atoms with Crippen LogP contribution in [0.15, 0.2) is 42.5 Å². The lowest BCUT2D eigenvalue weighted by Gasteiger charge is -2.11. The van der Waals surface area contributed by atoms with Gasteiger partial charge in [-0.2, -0.15) is 0 Å². The van der Waals surface area contributed by atoms with Gasteiger partial charge in [-0.15, -0.1) is 0 Å². The van der Waals surface area contributed by atoms with Crippen molar-refractivity contribution in [3.63, 3.8) is 0 Å². The molecule has 0 aromatic heterocycles. The van der Waals surface area contributed by atoms with E-state index in [0.717, 1.165) is 0 Å². The zero-order chi connectivity index (χ0) is 17.3. The first-order valence-electron chi connectivity index (χ1n) is 7.62. The summed E-state index contributed by atoms with van der Waals surface area (Å²) in [4.78, 5) is 38.0. The van der Waals surface area contributed by atoms with E-state index < -0.39 is 5.91 Å². The molecule has 0 fully saturated rings. The molecule has 0 bridgehead atoms. The maximum atomic E-state index is 12.3. The lowest BCUT2D eigenvalue weighted by molar-refractivity contribution is 0.0654. The predicted molar refractivity (Wildman–Crippen MR) is 88.2 cm³/mol. The Hall–Kier alpha value is -3.15. The summed E-state index contributed by atoms with van der Waals surface area (Å²) in [6.07, 6.45) is 0.680. The average molecular weight is 324 g/mol. The van der Waals surface area contributed by atoms with Crippen LogP contribution in [-0.2, 0) is 0 Å². The number of benzene rings is 2. The van der Waals surface area contributed by atoms with Gasteiger partial charge in [0.25, 0.3) is 17.7 Å². The van der Waals surface area contributed by atoms with Gasteiger partial charge in [-0.05, 0) is 48.9 Å². The molecule has 0 saturated carbocycles. The zero-order valence-corrected chi connectivity index (χ0v) is 13.1. The van der Waals surface area contributed by atoms with Gasteiger partial charge in [0.05, 0.1) is 11.1 Å². The van der Waals surface area contributed by atoms with E-state index in [1.54, 1.807) is 12.1 Å². The lowest BCUT2D eigenvalue weighted by atomic mass is 10.1. The number of phenolic OH excluding ortho intramolecular Hbond substituents is 1. The third-order valence-corrected chi connectivity index (χ3v) is 3.81. The number of nitrogens with one attached hydrogen (secondary N) is 1. The molecule has 0 aliphatic carbocycles. The monoisotopic (exact) mass is 324 g/mol. The fourth-order valence-electron chi connectivity index (χ4n) is 2.61. The minimum absolute atomic E-state index is 0.102. The summed E-state index contributed by atoms with van der Waals surface area (Å²) in [5, 5.41) is 11.9. The second-order valence-electron chi connectivity index (χ2n) is 5.52. The van der Waals surface area contributed by atoms with Gasteiger partial charge in [0.2, 0.25) is 0 Å². The number of fused-ring (bicyclic) bond motifs is 1. The maximum absolute atomic E-state index is 12.3. The summed E-state index contributed by atoms with van der Waals surface area (Å²) in [7, 11) is 0. The van der Waals surface area contributed by atoms with E-state index in [0.29, 0.717) is 29.8 Å². The standard InChI is InChI=1S/C18H16N2O4/c1-2-9-20-17(23)14-8-3-11(10-15(14)18(20)24)16(22)19-12-4-6-13(21)7-5-12/h3-8,10,21H,2,9H2,1H3,(H,19,22). The second kappa shape index (κ2) is 6.16. The highest BCUT2D eigenvalue weighted by atomic mass is 16.3. The number of aromatic hydroxyl groups is 1. The SMILES string of the molecule is CCCN1C(=O)c2ccc(C(=O)Nc3ccc(O)cc3)cc2C1=O. The first kappa shape index (κ1) is 15.7. The van der Waals surface area contributed by atoms with E-state index in [4.69, 9.17) is 0 Å². The molecule has 0 unspecified atom stereocenters. The van der Waals surface area contributed by atoms with E-state index in [1.165, 1.54) is 35.2 Å². The number of rotatable bonds is 4. The summed E-state index contributed by atoms with van der Waals surface area (Å²) in [6.45, 7) is 2.25. The summed E-state index contributed by atoms with van der Waals surface area (Å²) >= 11 is 0. The first-order chi connectivity index (χ1) is 11.5. The van der Waals surface area contributed by atoms with Crippen molar-refractivity contribution < 1.29 is 19.5 Å². The van der Waals surface area contributed by atoms with Gasteiger partial charge >= 0.3 is 0 Å². The minimum Gasteiger partial charge on any atom is -0.508 e. The largest absolute Gasteiger partial charge is 0.508 e. The number of hydrogen-bond donors (Lipinski definition) is 2. The van der Waals surface area contributed by atoms with Crippen molar-refractivity contribution >= 4 is 23.4 Å². The number of amides is 3. The third-order valence-electron chi connectivity index (χ3n) is 3.81. The average Bonchev–Trinajstić information content (AvgIpc) is 2.82. The van der Waals surface area contributed by atoms with E-state index in [2.05, 4.69) is 5.32 Å². The number of imide groups is 1. The highest BCUT2D eigenvalue weighted by Crippen LogP contribution is 2.24. The molecule has 0 saturated heterocycles. The van der Waals surface area contributed by atoms with Crippen LogP contribution < -0.4 is 5.32 Å². The molecule has 6 nitrogen and oxygen atoms in total. The molecule has 0 atom stereocenters. The molecule has 1 aliphatic rings. The van der Waals surface area contributed by atoms with Crippen LogP contribution in [0.1, 0.15) is 44.4 Å². The van der Waals surface area contributed by atoms with E-state index >= 15 is 0 Å². The van der Waals surface area contributed by atoms with Gasteiger partial charge in [-0.1, -0.05) is 6.92 Å². The van der Waals surface area contributed by atoms with Gasteiger partial charge in [0, 0.05) is 17.8 Å². The minimum atomic E-state index is -0.391. The van der Waals surface area contributed by atoms with Crippen LogP contribution in [0, 0.1) is 0 Å². The number of carbonyl (C=O) groups excluding carboxylic acids is 3. The summed E-state index contributed by atoms with van der Waals surface area (Å²) in [5.74, 6) is -0.971. The van der Waals surface area contributed by atoms with Gasteiger partial charge in [0.15, 0.2) is 0 Å². The lowest BCUT2D eigenvalue weighted by Crippen LogP contribution is -2.30. The molecule has 6 heteroatoms. The Kier molecular flexibility index (Phi) is 4.04. The zero-order valence-electron chi connectivity index (χ0n) is 13.1. The molecule has 1 aliphatic heterocycles. The smallest absolute Gasteiger partial charge is 0.261 e. The molecule has 122 valence electrons. The Morgan fingerprint density at radius 3 is 2.38 bits per heavy atom. The Bertz CT molecular complexity index is 827. The first-order valence-corrected chi connectivity index (χ1v) is 7.62. The Labute approximate surface area is 138 Å².